The van der Waals surface area contributed by atoms with Crippen molar-refractivity contribution in [2.75, 3.05) is 11.9 Å². The molecule has 1 amide bonds. The van der Waals surface area contributed by atoms with Gasteiger partial charge in [-0.05, 0) is 31.2 Å². The van der Waals surface area contributed by atoms with E-state index < -0.39 is 0 Å². The second-order valence-electron chi connectivity index (χ2n) is 5.50. The lowest BCUT2D eigenvalue weighted by atomic mass is 10.1. The summed E-state index contributed by atoms with van der Waals surface area (Å²) in [7, 11) is 0. The summed E-state index contributed by atoms with van der Waals surface area (Å²) in [5, 5.41) is 2.90. The number of amides is 1. The fourth-order valence-corrected chi connectivity index (χ4v) is 2.34. The number of hydrogen-bond acceptors (Lipinski definition) is 3. The molecule has 0 bridgehead atoms. The van der Waals surface area contributed by atoms with Gasteiger partial charge in [-0.25, -0.2) is 4.98 Å². The van der Waals surface area contributed by atoms with Crippen molar-refractivity contribution in [1.29, 1.82) is 0 Å². The van der Waals surface area contributed by atoms with Gasteiger partial charge in [0.2, 0.25) is 0 Å². The maximum absolute atomic E-state index is 12.3. The summed E-state index contributed by atoms with van der Waals surface area (Å²) >= 11 is 0. The molecular weight excluding hydrogens is 302 g/mol. The zero-order valence-corrected chi connectivity index (χ0v) is 13.5. The predicted molar refractivity (Wildman–Crippen MR) is 93.3 cm³/mol. The lowest BCUT2D eigenvalue weighted by Crippen LogP contribution is -2.12. The molecule has 3 aromatic rings. The number of rotatable bonds is 6. The molecule has 3 rings (SSSR count). The third kappa shape index (κ3) is 4.23. The van der Waals surface area contributed by atoms with Crippen molar-refractivity contribution in [2.24, 2.45) is 0 Å². The number of hydrogen-bond donors (Lipinski definition) is 1. The molecular formula is C19H19N3O2. The Balaban J connectivity index is 1.59. The van der Waals surface area contributed by atoms with E-state index in [0.29, 0.717) is 17.9 Å². The van der Waals surface area contributed by atoms with E-state index in [-0.39, 0.29) is 5.91 Å². The summed E-state index contributed by atoms with van der Waals surface area (Å²) in [5.41, 5.74) is 2.40. The molecule has 0 fully saturated rings. The fraction of sp³-hybridized carbons (Fsp3) is 0.158. The van der Waals surface area contributed by atoms with Crippen molar-refractivity contribution in [1.82, 2.24) is 9.55 Å². The van der Waals surface area contributed by atoms with E-state index in [9.17, 15) is 4.79 Å². The molecule has 0 unspecified atom stereocenters. The third-order valence-corrected chi connectivity index (χ3v) is 3.55. The van der Waals surface area contributed by atoms with Crippen molar-refractivity contribution in [2.45, 2.75) is 13.5 Å². The predicted octanol–water partition coefficient (Wildman–Crippen LogP) is 3.52. The van der Waals surface area contributed by atoms with Crippen molar-refractivity contribution in [3.05, 3.63) is 78.4 Å². The highest BCUT2D eigenvalue weighted by atomic mass is 16.5. The zero-order valence-electron chi connectivity index (χ0n) is 13.5. The Hall–Kier alpha value is -3.08. The standard InChI is InChI=1S/C19H19N3O2/c1-15-4-2-5-16(12-15)19(23)21-17-6-3-7-18(13-17)24-11-10-22-9-8-20-14-22/h2-9,12-14H,10-11H2,1H3,(H,21,23). The van der Waals surface area contributed by atoms with Gasteiger partial charge in [-0.1, -0.05) is 23.8 Å². The largest absolute Gasteiger partial charge is 0.492 e. The molecule has 0 atom stereocenters. The lowest BCUT2D eigenvalue weighted by molar-refractivity contribution is 0.102. The second-order valence-corrected chi connectivity index (χ2v) is 5.50. The molecule has 0 aliphatic rings. The SMILES string of the molecule is Cc1cccc(C(=O)Nc2cccc(OCCn3ccnc3)c2)c1. The summed E-state index contributed by atoms with van der Waals surface area (Å²) in [5.74, 6) is 0.589. The first-order valence-electron chi connectivity index (χ1n) is 7.77. The van der Waals surface area contributed by atoms with Gasteiger partial charge in [0, 0.05) is 29.7 Å². The minimum Gasteiger partial charge on any atom is -0.492 e. The van der Waals surface area contributed by atoms with Crippen molar-refractivity contribution in [3.8, 4) is 5.75 Å². The van der Waals surface area contributed by atoms with E-state index in [2.05, 4.69) is 10.3 Å². The summed E-state index contributed by atoms with van der Waals surface area (Å²) in [4.78, 5) is 16.3. The first-order chi connectivity index (χ1) is 11.7. The van der Waals surface area contributed by atoms with Gasteiger partial charge < -0.3 is 14.6 Å². The number of imidazole rings is 1. The quantitative estimate of drug-likeness (QED) is 0.756. The highest BCUT2D eigenvalue weighted by Crippen LogP contribution is 2.18. The van der Waals surface area contributed by atoms with Gasteiger partial charge in [0.25, 0.3) is 5.91 Å². The number of nitrogens with zero attached hydrogens (tertiary/aromatic N) is 2. The van der Waals surface area contributed by atoms with E-state index >= 15 is 0 Å². The van der Waals surface area contributed by atoms with Gasteiger partial charge in [0.05, 0.1) is 12.9 Å². The van der Waals surface area contributed by atoms with Crippen LogP contribution in [0.5, 0.6) is 5.75 Å². The van der Waals surface area contributed by atoms with E-state index in [1.165, 1.54) is 0 Å². The van der Waals surface area contributed by atoms with Crippen molar-refractivity contribution >= 4 is 11.6 Å². The molecule has 0 saturated carbocycles. The first-order valence-corrected chi connectivity index (χ1v) is 7.77. The molecule has 5 nitrogen and oxygen atoms in total. The zero-order chi connectivity index (χ0) is 16.8. The molecule has 0 spiro atoms. The van der Waals surface area contributed by atoms with Gasteiger partial charge in [0.1, 0.15) is 12.4 Å². The van der Waals surface area contributed by atoms with Crippen molar-refractivity contribution in [3.63, 3.8) is 0 Å². The molecule has 0 aliphatic heterocycles. The molecule has 1 aromatic heterocycles. The monoisotopic (exact) mass is 321 g/mol. The Bertz CT molecular complexity index is 813. The Morgan fingerprint density at radius 3 is 2.88 bits per heavy atom. The first kappa shape index (κ1) is 15.8. The van der Waals surface area contributed by atoms with Crippen LogP contribution in [0.4, 0.5) is 5.69 Å². The number of aromatic nitrogens is 2. The number of aryl methyl sites for hydroxylation is 1. The number of anilines is 1. The number of ether oxygens (including phenoxy) is 1. The van der Waals surface area contributed by atoms with Gasteiger partial charge in [-0.3, -0.25) is 4.79 Å². The van der Waals surface area contributed by atoms with Gasteiger partial charge in [-0.15, -0.1) is 0 Å². The number of benzene rings is 2. The molecule has 0 aliphatic carbocycles. The number of carbonyl (C=O) groups excluding carboxylic acids is 1. The van der Waals surface area contributed by atoms with E-state index in [4.69, 9.17) is 4.74 Å². The average Bonchev–Trinajstić information content (AvgIpc) is 3.09. The van der Waals surface area contributed by atoms with Gasteiger partial charge in [-0.2, -0.15) is 0 Å². The van der Waals surface area contributed by atoms with Crippen LogP contribution in [0.25, 0.3) is 0 Å². The maximum atomic E-state index is 12.3. The minimum absolute atomic E-state index is 0.130. The van der Waals surface area contributed by atoms with Crippen LogP contribution in [0.2, 0.25) is 0 Å². The normalized spacial score (nSPS) is 10.4. The highest BCUT2D eigenvalue weighted by Gasteiger charge is 2.06. The van der Waals surface area contributed by atoms with Crippen molar-refractivity contribution < 1.29 is 9.53 Å². The second kappa shape index (κ2) is 7.46. The topological polar surface area (TPSA) is 56.1 Å². The average molecular weight is 321 g/mol. The number of carbonyl (C=O) groups is 1. The Morgan fingerprint density at radius 1 is 1.21 bits per heavy atom. The van der Waals surface area contributed by atoms with Gasteiger partial charge >= 0.3 is 0 Å². The molecule has 122 valence electrons. The van der Waals surface area contributed by atoms with Crippen LogP contribution in [0, 0.1) is 6.92 Å². The number of nitrogens with one attached hydrogen (secondary N) is 1. The minimum atomic E-state index is -0.130. The fourth-order valence-electron chi connectivity index (χ4n) is 2.34. The molecule has 5 heteroatoms. The molecule has 0 radical (unpaired) electrons. The Morgan fingerprint density at radius 2 is 2.08 bits per heavy atom. The summed E-state index contributed by atoms with van der Waals surface area (Å²) in [6.07, 6.45) is 5.38. The molecule has 0 saturated heterocycles. The highest BCUT2D eigenvalue weighted by molar-refractivity contribution is 6.04. The maximum Gasteiger partial charge on any atom is 0.255 e. The van der Waals surface area contributed by atoms with Crippen LogP contribution in [-0.2, 0) is 6.54 Å². The van der Waals surface area contributed by atoms with Crippen LogP contribution >= 0.6 is 0 Å². The van der Waals surface area contributed by atoms with Crippen LogP contribution in [-0.4, -0.2) is 22.1 Å². The van der Waals surface area contributed by atoms with E-state index in [1.54, 1.807) is 18.6 Å². The Labute approximate surface area is 140 Å². The third-order valence-electron chi connectivity index (χ3n) is 3.55. The molecule has 24 heavy (non-hydrogen) atoms. The smallest absolute Gasteiger partial charge is 0.255 e. The Kier molecular flexibility index (Phi) is 4.91. The lowest BCUT2D eigenvalue weighted by Gasteiger charge is -2.10. The van der Waals surface area contributed by atoms with Crippen LogP contribution in [0.3, 0.4) is 0 Å². The summed E-state index contributed by atoms with van der Waals surface area (Å²) in [6.45, 7) is 3.22. The summed E-state index contributed by atoms with van der Waals surface area (Å²) < 4.78 is 7.67. The van der Waals surface area contributed by atoms with Gasteiger partial charge in [0.15, 0.2) is 0 Å². The van der Waals surface area contributed by atoms with E-state index in [1.807, 2.05) is 60.2 Å². The van der Waals surface area contributed by atoms with Crippen LogP contribution in [0.15, 0.2) is 67.3 Å². The van der Waals surface area contributed by atoms with Crippen LogP contribution < -0.4 is 10.1 Å². The van der Waals surface area contributed by atoms with E-state index in [0.717, 1.165) is 17.9 Å². The molecule has 2 aromatic carbocycles. The van der Waals surface area contributed by atoms with Crippen LogP contribution in [0.1, 0.15) is 15.9 Å². The summed E-state index contributed by atoms with van der Waals surface area (Å²) in [6, 6.07) is 14.9. The molecule has 1 heterocycles. The molecule has 1 N–H and O–H groups in total.